The number of carbonyl (C=O) groups excluding carboxylic acids is 1. The van der Waals surface area contributed by atoms with Gasteiger partial charge in [-0.25, -0.2) is 4.98 Å². The first-order valence-corrected chi connectivity index (χ1v) is 11.7. The van der Waals surface area contributed by atoms with Crippen LogP contribution in [0.15, 0.2) is 48.5 Å². The van der Waals surface area contributed by atoms with Crippen molar-refractivity contribution < 1.29 is 4.79 Å². The van der Waals surface area contributed by atoms with Gasteiger partial charge in [0, 0.05) is 19.3 Å². The van der Waals surface area contributed by atoms with Crippen molar-refractivity contribution in [1.82, 2.24) is 9.97 Å². The van der Waals surface area contributed by atoms with Gasteiger partial charge in [-0.1, -0.05) is 36.4 Å². The summed E-state index contributed by atoms with van der Waals surface area (Å²) in [5.74, 6) is 5.70. The maximum atomic E-state index is 13.0. The maximum Gasteiger partial charge on any atom is 0.137 e. The number of hydrogen-bond donors (Lipinski definition) is 1. The fourth-order valence-corrected chi connectivity index (χ4v) is 7.03. The van der Waals surface area contributed by atoms with E-state index >= 15 is 0 Å². The molecule has 30 heavy (non-hydrogen) atoms. The summed E-state index contributed by atoms with van der Waals surface area (Å²) < 4.78 is 0. The zero-order chi connectivity index (χ0) is 20.1. The Morgan fingerprint density at radius 3 is 2.37 bits per heavy atom. The number of carbonyl (C=O) groups is 1. The van der Waals surface area contributed by atoms with Crippen molar-refractivity contribution in [2.24, 2.45) is 29.6 Å². The predicted molar refractivity (Wildman–Crippen MR) is 119 cm³/mol. The molecule has 0 unspecified atom stereocenters. The van der Waals surface area contributed by atoms with E-state index in [-0.39, 0.29) is 0 Å². The van der Waals surface area contributed by atoms with Crippen LogP contribution in [0.4, 0.5) is 0 Å². The van der Waals surface area contributed by atoms with Crippen molar-refractivity contribution in [3.05, 3.63) is 65.5 Å². The molecular formula is C27H30N2O. The number of aromatic amines is 1. The van der Waals surface area contributed by atoms with Gasteiger partial charge in [0.15, 0.2) is 0 Å². The third kappa shape index (κ3) is 3.49. The van der Waals surface area contributed by atoms with E-state index < -0.39 is 0 Å². The number of Topliss-reactive ketones (excluding diaryl/α,β-unsaturated/α-hetero) is 1. The second kappa shape index (κ2) is 7.37. The lowest BCUT2D eigenvalue weighted by atomic mass is 9.51. The first kappa shape index (κ1) is 18.4. The molecule has 7 rings (SSSR count). The number of H-pyrrole nitrogens is 1. The molecule has 0 saturated heterocycles. The molecule has 1 N–H and O–H groups in total. The first-order valence-electron chi connectivity index (χ1n) is 11.7. The van der Waals surface area contributed by atoms with Gasteiger partial charge in [0.1, 0.15) is 11.6 Å². The molecule has 3 aromatic rings. The van der Waals surface area contributed by atoms with E-state index in [9.17, 15) is 4.79 Å². The number of ketones is 1. The van der Waals surface area contributed by atoms with Crippen molar-refractivity contribution >= 4 is 16.8 Å². The summed E-state index contributed by atoms with van der Waals surface area (Å²) in [7, 11) is 0. The van der Waals surface area contributed by atoms with Crippen LogP contribution in [0.1, 0.15) is 55.5 Å². The lowest BCUT2D eigenvalue weighted by Crippen LogP contribution is -2.45. The van der Waals surface area contributed by atoms with Crippen LogP contribution in [0.3, 0.4) is 0 Å². The average Bonchev–Trinajstić information content (AvgIpc) is 3.12. The van der Waals surface area contributed by atoms with Gasteiger partial charge in [-0.2, -0.15) is 0 Å². The monoisotopic (exact) mass is 398 g/mol. The molecule has 0 spiro atoms. The summed E-state index contributed by atoms with van der Waals surface area (Å²) in [6.07, 6.45) is 9.23. The van der Waals surface area contributed by atoms with Crippen molar-refractivity contribution in [1.29, 1.82) is 0 Å². The molecule has 4 bridgehead atoms. The molecule has 1 heterocycles. The third-order valence-electron chi connectivity index (χ3n) is 8.10. The molecule has 2 aromatic carbocycles. The number of aromatic nitrogens is 2. The normalized spacial score (nSPS) is 29.5. The number of benzene rings is 2. The Balaban J connectivity index is 1.13. The SMILES string of the molecule is O=C(Cc1ccc2nc(Cc3ccccc3)[nH]c2c1)CC1C2CC3CC(C2)CC1C3. The molecule has 0 radical (unpaired) electrons. The van der Waals surface area contributed by atoms with Gasteiger partial charge >= 0.3 is 0 Å². The van der Waals surface area contributed by atoms with Gasteiger partial charge in [0.2, 0.25) is 0 Å². The highest BCUT2D eigenvalue weighted by atomic mass is 16.1. The largest absolute Gasteiger partial charge is 0.342 e. The van der Waals surface area contributed by atoms with E-state index in [4.69, 9.17) is 4.98 Å². The minimum atomic E-state index is 0.427. The van der Waals surface area contributed by atoms with Crippen LogP contribution in [0.25, 0.3) is 11.0 Å². The summed E-state index contributed by atoms with van der Waals surface area (Å²) in [5.41, 5.74) is 4.40. The smallest absolute Gasteiger partial charge is 0.137 e. The molecule has 4 aliphatic rings. The topological polar surface area (TPSA) is 45.8 Å². The lowest BCUT2D eigenvalue weighted by molar-refractivity contribution is -0.123. The highest BCUT2D eigenvalue weighted by Gasteiger charge is 2.48. The molecule has 154 valence electrons. The number of nitrogens with one attached hydrogen (secondary N) is 1. The Morgan fingerprint density at radius 1 is 0.900 bits per heavy atom. The number of fused-ring (bicyclic) bond motifs is 1. The second-order valence-electron chi connectivity index (χ2n) is 10.2. The number of hydrogen-bond acceptors (Lipinski definition) is 2. The molecular weight excluding hydrogens is 368 g/mol. The minimum absolute atomic E-state index is 0.427. The Hall–Kier alpha value is -2.42. The van der Waals surface area contributed by atoms with Gasteiger partial charge in [-0.3, -0.25) is 4.79 Å². The summed E-state index contributed by atoms with van der Waals surface area (Å²) in [4.78, 5) is 21.2. The van der Waals surface area contributed by atoms with Crippen molar-refractivity contribution in [2.75, 3.05) is 0 Å². The van der Waals surface area contributed by atoms with Gasteiger partial charge in [0.25, 0.3) is 0 Å². The second-order valence-corrected chi connectivity index (χ2v) is 10.2. The zero-order valence-electron chi connectivity index (χ0n) is 17.5. The predicted octanol–water partition coefficient (Wildman–Crippen LogP) is 5.73. The van der Waals surface area contributed by atoms with Crippen LogP contribution in [0.5, 0.6) is 0 Å². The molecule has 4 aliphatic carbocycles. The average molecular weight is 399 g/mol. The van der Waals surface area contributed by atoms with Gasteiger partial charge in [0.05, 0.1) is 11.0 Å². The highest BCUT2D eigenvalue weighted by Crippen LogP contribution is 2.57. The molecule has 3 heteroatoms. The molecule has 3 nitrogen and oxygen atoms in total. The van der Waals surface area contributed by atoms with E-state index in [0.717, 1.165) is 58.9 Å². The number of nitrogens with zero attached hydrogens (tertiary/aromatic N) is 1. The standard InChI is InChI=1S/C27H30N2O/c30-23(16-24-21-9-19-8-20(11-21)12-22(24)10-19)13-18-6-7-25-26(14-18)29-27(28-25)15-17-4-2-1-3-5-17/h1-7,14,19-22,24H,8-13,15-16H2,(H,28,29). The fraction of sp³-hybridized carbons (Fsp3) is 0.481. The van der Waals surface area contributed by atoms with E-state index in [1.54, 1.807) is 0 Å². The number of rotatable bonds is 6. The summed E-state index contributed by atoms with van der Waals surface area (Å²) in [6, 6.07) is 16.7. The van der Waals surface area contributed by atoms with E-state index in [2.05, 4.69) is 47.4 Å². The summed E-state index contributed by atoms with van der Waals surface area (Å²) >= 11 is 0. The Bertz CT molecular complexity index is 1040. The third-order valence-corrected chi connectivity index (χ3v) is 8.10. The van der Waals surface area contributed by atoms with Gasteiger partial charge in [-0.05, 0) is 85.0 Å². The fourth-order valence-electron chi connectivity index (χ4n) is 7.03. The van der Waals surface area contributed by atoms with E-state index in [1.807, 2.05) is 6.07 Å². The van der Waals surface area contributed by atoms with Crippen molar-refractivity contribution in [2.45, 2.75) is 51.4 Å². The molecule has 4 saturated carbocycles. The Morgan fingerprint density at radius 2 is 1.63 bits per heavy atom. The number of imidazole rings is 1. The molecule has 0 amide bonds. The highest BCUT2D eigenvalue weighted by molar-refractivity contribution is 5.83. The van der Waals surface area contributed by atoms with Crippen LogP contribution in [0, 0.1) is 29.6 Å². The first-order chi connectivity index (χ1) is 14.7. The van der Waals surface area contributed by atoms with Gasteiger partial charge in [-0.15, -0.1) is 0 Å². The quantitative estimate of drug-likeness (QED) is 0.576. The molecule has 4 fully saturated rings. The Labute approximate surface area is 178 Å². The minimum Gasteiger partial charge on any atom is -0.342 e. The van der Waals surface area contributed by atoms with Crippen LogP contribution in [-0.4, -0.2) is 15.8 Å². The summed E-state index contributed by atoms with van der Waals surface area (Å²) in [6.45, 7) is 0. The lowest BCUT2D eigenvalue weighted by Gasteiger charge is -2.54. The molecule has 1 aromatic heterocycles. The summed E-state index contributed by atoms with van der Waals surface area (Å²) in [5, 5.41) is 0. The van der Waals surface area contributed by atoms with Crippen LogP contribution in [-0.2, 0) is 17.6 Å². The molecule has 0 atom stereocenters. The van der Waals surface area contributed by atoms with Crippen LogP contribution in [0.2, 0.25) is 0 Å². The van der Waals surface area contributed by atoms with Crippen molar-refractivity contribution in [3.63, 3.8) is 0 Å². The van der Waals surface area contributed by atoms with Crippen molar-refractivity contribution in [3.8, 4) is 0 Å². The van der Waals surface area contributed by atoms with E-state index in [1.165, 1.54) is 37.7 Å². The van der Waals surface area contributed by atoms with Crippen LogP contribution < -0.4 is 0 Å². The van der Waals surface area contributed by atoms with Crippen LogP contribution >= 0.6 is 0 Å². The van der Waals surface area contributed by atoms with Gasteiger partial charge < -0.3 is 4.98 Å². The van der Waals surface area contributed by atoms with E-state index in [0.29, 0.717) is 18.1 Å². The molecule has 0 aliphatic heterocycles. The maximum absolute atomic E-state index is 13.0. The Kier molecular flexibility index (Phi) is 4.51. The zero-order valence-corrected chi connectivity index (χ0v) is 17.5.